The van der Waals surface area contributed by atoms with Crippen molar-refractivity contribution in [1.82, 2.24) is 4.98 Å². The highest BCUT2D eigenvalue weighted by Crippen LogP contribution is 2.30. The van der Waals surface area contributed by atoms with Gasteiger partial charge in [0.1, 0.15) is 0 Å². The zero-order valence-corrected chi connectivity index (χ0v) is 12.6. The molecule has 3 aromatic rings. The van der Waals surface area contributed by atoms with Crippen molar-refractivity contribution in [3.8, 4) is 0 Å². The van der Waals surface area contributed by atoms with Crippen LogP contribution in [0.2, 0.25) is 0 Å². The molecule has 0 amide bonds. The van der Waals surface area contributed by atoms with Gasteiger partial charge in [-0.1, -0.05) is 15.9 Å². The van der Waals surface area contributed by atoms with Crippen LogP contribution in [0.15, 0.2) is 45.7 Å². The number of thiophene rings is 1. The number of hydrogen-bond acceptors (Lipinski definition) is 2. The van der Waals surface area contributed by atoms with Gasteiger partial charge in [0.05, 0.1) is 6.04 Å². The fraction of sp³-hybridized carbons (Fsp3) is 0.0769. The molecule has 94 valence electrons. The Bertz CT molecular complexity index is 648. The summed E-state index contributed by atoms with van der Waals surface area (Å²) in [5, 5.41) is 5.33. The lowest BCUT2D eigenvalue weighted by Crippen LogP contribution is -2.10. The van der Waals surface area contributed by atoms with Crippen LogP contribution in [0, 0.1) is 0 Å². The highest BCUT2D eigenvalue weighted by atomic mass is 79.9. The number of rotatable bonds is 2. The minimum Gasteiger partial charge on any atom is -0.361 e. The van der Waals surface area contributed by atoms with Crippen molar-refractivity contribution in [3.63, 3.8) is 0 Å². The van der Waals surface area contributed by atoms with Gasteiger partial charge in [0.15, 0.2) is 0 Å². The first kappa shape index (κ1) is 13.6. The van der Waals surface area contributed by atoms with Gasteiger partial charge in [-0.15, -0.1) is 12.4 Å². The Morgan fingerprint density at radius 2 is 2.11 bits per heavy atom. The number of nitrogens with two attached hydrogens (primary N) is 1. The maximum atomic E-state index is 6.29. The van der Waals surface area contributed by atoms with Crippen LogP contribution in [0.3, 0.4) is 0 Å². The molecule has 0 aliphatic rings. The zero-order chi connectivity index (χ0) is 11.8. The normalized spacial score (nSPS) is 12.3. The largest absolute Gasteiger partial charge is 0.361 e. The van der Waals surface area contributed by atoms with Gasteiger partial charge >= 0.3 is 0 Å². The molecule has 18 heavy (non-hydrogen) atoms. The molecule has 0 aliphatic carbocycles. The molecule has 0 unspecified atom stereocenters. The Morgan fingerprint density at radius 1 is 1.28 bits per heavy atom. The molecule has 5 heteroatoms. The van der Waals surface area contributed by atoms with E-state index in [1.165, 1.54) is 5.39 Å². The van der Waals surface area contributed by atoms with E-state index in [0.717, 1.165) is 21.1 Å². The van der Waals surface area contributed by atoms with E-state index in [1.54, 1.807) is 11.3 Å². The van der Waals surface area contributed by atoms with E-state index in [1.807, 2.05) is 12.3 Å². The summed E-state index contributed by atoms with van der Waals surface area (Å²) in [4.78, 5) is 3.26. The Kier molecular flexibility index (Phi) is 4.12. The summed E-state index contributed by atoms with van der Waals surface area (Å²) in [5.74, 6) is 0. The Balaban J connectivity index is 0.00000120. The number of aromatic amines is 1. The minimum atomic E-state index is -0.0655. The lowest BCUT2D eigenvalue weighted by Gasteiger charge is -2.08. The van der Waals surface area contributed by atoms with Crippen LogP contribution in [0.1, 0.15) is 17.2 Å². The number of nitrogens with one attached hydrogen (secondary N) is 1. The number of hydrogen-bond donors (Lipinski definition) is 2. The van der Waals surface area contributed by atoms with Crippen LogP contribution in [0.5, 0.6) is 0 Å². The van der Waals surface area contributed by atoms with Crippen molar-refractivity contribution in [1.29, 1.82) is 0 Å². The lowest BCUT2D eigenvalue weighted by atomic mass is 10.0. The highest BCUT2D eigenvalue weighted by molar-refractivity contribution is 9.10. The van der Waals surface area contributed by atoms with Crippen molar-refractivity contribution < 1.29 is 0 Å². The predicted octanol–water partition coefficient (Wildman–Crippen LogP) is 4.46. The topological polar surface area (TPSA) is 41.8 Å². The van der Waals surface area contributed by atoms with Gasteiger partial charge in [0, 0.05) is 21.6 Å². The van der Waals surface area contributed by atoms with Crippen LogP contribution in [0.4, 0.5) is 0 Å². The molecule has 3 rings (SSSR count). The molecule has 0 saturated heterocycles. The van der Waals surface area contributed by atoms with Gasteiger partial charge in [0.2, 0.25) is 0 Å². The second-order valence-corrected chi connectivity index (χ2v) is 5.66. The third-order valence-electron chi connectivity index (χ3n) is 2.91. The van der Waals surface area contributed by atoms with Gasteiger partial charge in [-0.2, -0.15) is 11.3 Å². The van der Waals surface area contributed by atoms with Crippen LogP contribution in [-0.2, 0) is 0 Å². The summed E-state index contributed by atoms with van der Waals surface area (Å²) in [7, 11) is 0. The Morgan fingerprint density at radius 3 is 2.83 bits per heavy atom. The molecule has 2 aromatic heterocycles. The SMILES string of the molecule is Cl.N[C@@H](c1ccsc1)c1c[nH]c2ccc(Br)cc12. The van der Waals surface area contributed by atoms with Crippen molar-refractivity contribution in [2.75, 3.05) is 0 Å². The molecule has 0 fully saturated rings. The molecule has 0 radical (unpaired) electrons. The van der Waals surface area contributed by atoms with E-state index in [-0.39, 0.29) is 18.4 Å². The average Bonchev–Trinajstić information content (AvgIpc) is 2.97. The summed E-state index contributed by atoms with van der Waals surface area (Å²) in [5.41, 5.74) is 9.71. The Hall–Kier alpha value is -0.810. The van der Waals surface area contributed by atoms with E-state index in [2.05, 4.69) is 49.9 Å². The number of benzene rings is 1. The van der Waals surface area contributed by atoms with Crippen LogP contribution < -0.4 is 5.73 Å². The summed E-state index contributed by atoms with van der Waals surface area (Å²) >= 11 is 5.17. The first-order valence-electron chi connectivity index (χ1n) is 5.30. The number of aromatic nitrogens is 1. The number of H-pyrrole nitrogens is 1. The zero-order valence-electron chi connectivity index (χ0n) is 9.39. The molecule has 0 spiro atoms. The van der Waals surface area contributed by atoms with E-state index in [9.17, 15) is 0 Å². The maximum absolute atomic E-state index is 6.29. The van der Waals surface area contributed by atoms with Gasteiger partial charge in [-0.3, -0.25) is 0 Å². The van der Waals surface area contributed by atoms with E-state index in [4.69, 9.17) is 5.73 Å². The first-order valence-corrected chi connectivity index (χ1v) is 7.03. The lowest BCUT2D eigenvalue weighted by molar-refractivity contribution is 0.885. The van der Waals surface area contributed by atoms with Crippen LogP contribution >= 0.6 is 39.7 Å². The number of fused-ring (bicyclic) bond motifs is 1. The summed E-state index contributed by atoms with van der Waals surface area (Å²) in [6, 6.07) is 8.20. The van der Waals surface area contributed by atoms with Gasteiger partial charge < -0.3 is 10.7 Å². The molecule has 1 atom stereocenters. The van der Waals surface area contributed by atoms with Gasteiger partial charge in [-0.05, 0) is 46.2 Å². The third kappa shape index (κ3) is 2.34. The quantitative estimate of drug-likeness (QED) is 0.708. The fourth-order valence-corrected chi connectivity index (χ4v) is 3.06. The van der Waals surface area contributed by atoms with Gasteiger partial charge in [0.25, 0.3) is 0 Å². The molecule has 0 aliphatic heterocycles. The highest BCUT2D eigenvalue weighted by Gasteiger charge is 2.14. The molecule has 3 N–H and O–H groups in total. The molecular weight excluding hydrogens is 332 g/mol. The van der Waals surface area contributed by atoms with E-state index in [0.29, 0.717) is 0 Å². The third-order valence-corrected chi connectivity index (χ3v) is 4.11. The van der Waals surface area contributed by atoms with Crippen molar-refractivity contribution >= 4 is 50.6 Å². The second kappa shape index (κ2) is 5.45. The summed E-state index contributed by atoms with van der Waals surface area (Å²) in [6.45, 7) is 0. The summed E-state index contributed by atoms with van der Waals surface area (Å²) in [6.07, 6.45) is 2.00. The maximum Gasteiger partial charge on any atom is 0.0581 e. The van der Waals surface area contributed by atoms with E-state index >= 15 is 0 Å². The molecule has 0 bridgehead atoms. The van der Waals surface area contributed by atoms with Crippen molar-refractivity contribution in [2.24, 2.45) is 5.73 Å². The number of halogens is 2. The monoisotopic (exact) mass is 342 g/mol. The van der Waals surface area contributed by atoms with Crippen LogP contribution in [0.25, 0.3) is 10.9 Å². The van der Waals surface area contributed by atoms with Crippen LogP contribution in [-0.4, -0.2) is 4.98 Å². The first-order chi connectivity index (χ1) is 8.25. The summed E-state index contributed by atoms with van der Waals surface area (Å²) < 4.78 is 1.07. The van der Waals surface area contributed by atoms with Crippen molar-refractivity contribution in [3.05, 3.63) is 56.8 Å². The fourth-order valence-electron chi connectivity index (χ4n) is 2.00. The molecular formula is C13H12BrClN2S. The molecule has 2 heterocycles. The molecule has 1 aromatic carbocycles. The predicted molar refractivity (Wildman–Crippen MR) is 83.6 cm³/mol. The van der Waals surface area contributed by atoms with E-state index < -0.39 is 0 Å². The molecule has 0 saturated carbocycles. The van der Waals surface area contributed by atoms with Gasteiger partial charge in [-0.25, -0.2) is 0 Å². The second-order valence-electron chi connectivity index (χ2n) is 3.97. The van der Waals surface area contributed by atoms with Crippen molar-refractivity contribution in [2.45, 2.75) is 6.04 Å². The Labute approximate surface area is 124 Å². The smallest absolute Gasteiger partial charge is 0.0581 e. The standard InChI is InChI=1S/C13H11BrN2S.ClH/c14-9-1-2-12-10(5-9)11(6-16-12)13(15)8-3-4-17-7-8;/h1-7,13,16H,15H2;1H/t13-;/m0./s1. The average molecular weight is 344 g/mol. The molecule has 2 nitrogen and oxygen atoms in total. The minimum absolute atomic E-state index is 0.